The molecule has 2 rings (SSSR count). The first-order chi connectivity index (χ1) is 15.8. The van der Waals surface area contributed by atoms with Crippen molar-refractivity contribution in [2.24, 2.45) is 5.10 Å². The molecule has 0 unspecified atom stereocenters. The van der Waals surface area contributed by atoms with Crippen molar-refractivity contribution in [3.63, 3.8) is 0 Å². The first-order valence-corrected chi connectivity index (χ1v) is 9.69. The molecule has 0 fully saturated rings. The Morgan fingerprint density at radius 2 is 1.39 bits per heavy atom. The van der Waals surface area contributed by atoms with Crippen molar-refractivity contribution in [1.82, 2.24) is 5.43 Å². The summed E-state index contributed by atoms with van der Waals surface area (Å²) < 4.78 is 20.6. The average molecular weight is 458 g/mol. The standard InChI is InChI=1S/C22H26N4O7/c1-13(10-20(27)23-16-8-6-15(31-3)12-19(16)33-5)25-26-22(29)21(28)24-17-11-14(30-2)7-9-18(17)32-4/h6-9,11-12H,10H2,1-5H3,(H,23,27)(H,24,28)(H,26,29)/b25-13-. The summed E-state index contributed by atoms with van der Waals surface area (Å²) >= 11 is 0. The van der Waals surface area contributed by atoms with E-state index in [4.69, 9.17) is 18.9 Å². The van der Waals surface area contributed by atoms with E-state index in [1.807, 2.05) is 0 Å². The van der Waals surface area contributed by atoms with Gasteiger partial charge >= 0.3 is 11.8 Å². The third-order valence-electron chi connectivity index (χ3n) is 4.31. The number of benzene rings is 2. The van der Waals surface area contributed by atoms with E-state index in [9.17, 15) is 14.4 Å². The van der Waals surface area contributed by atoms with E-state index < -0.39 is 11.8 Å². The second-order valence-electron chi connectivity index (χ2n) is 6.60. The number of nitrogens with one attached hydrogen (secondary N) is 3. The molecule has 33 heavy (non-hydrogen) atoms. The summed E-state index contributed by atoms with van der Waals surface area (Å²) in [4.78, 5) is 36.6. The molecular formula is C22H26N4O7. The van der Waals surface area contributed by atoms with Crippen molar-refractivity contribution in [3.05, 3.63) is 36.4 Å². The zero-order chi connectivity index (χ0) is 24.4. The minimum Gasteiger partial charge on any atom is -0.497 e. The fourth-order valence-corrected chi connectivity index (χ4v) is 2.66. The summed E-state index contributed by atoms with van der Waals surface area (Å²) in [5.74, 6) is -0.547. The van der Waals surface area contributed by atoms with Gasteiger partial charge in [-0.2, -0.15) is 5.10 Å². The normalized spacial score (nSPS) is 10.6. The van der Waals surface area contributed by atoms with Gasteiger partial charge in [0, 0.05) is 17.8 Å². The number of anilines is 2. The van der Waals surface area contributed by atoms with E-state index >= 15 is 0 Å². The zero-order valence-electron chi connectivity index (χ0n) is 19.0. The Morgan fingerprint density at radius 1 is 0.758 bits per heavy atom. The number of amides is 3. The third kappa shape index (κ3) is 7.13. The summed E-state index contributed by atoms with van der Waals surface area (Å²) in [5.41, 5.74) is 3.10. The summed E-state index contributed by atoms with van der Waals surface area (Å²) in [7, 11) is 5.89. The number of ether oxygens (including phenoxy) is 4. The average Bonchev–Trinajstić information content (AvgIpc) is 2.82. The molecule has 0 heterocycles. The lowest BCUT2D eigenvalue weighted by atomic mass is 10.2. The van der Waals surface area contributed by atoms with Crippen molar-refractivity contribution in [2.75, 3.05) is 39.1 Å². The molecule has 0 aromatic heterocycles. The summed E-state index contributed by atoms with van der Waals surface area (Å²) in [6.45, 7) is 1.54. The highest BCUT2D eigenvalue weighted by Gasteiger charge is 2.17. The molecular weight excluding hydrogens is 432 g/mol. The van der Waals surface area contributed by atoms with E-state index in [2.05, 4.69) is 21.2 Å². The quantitative estimate of drug-likeness (QED) is 0.298. The Labute approximate surface area is 191 Å². The van der Waals surface area contributed by atoms with Crippen molar-refractivity contribution in [1.29, 1.82) is 0 Å². The maximum atomic E-state index is 12.3. The van der Waals surface area contributed by atoms with Crippen molar-refractivity contribution in [3.8, 4) is 23.0 Å². The number of hydrogen-bond donors (Lipinski definition) is 3. The van der Waals surface area contributed by atoms with E-state index in [1.54, 1.807) is 30.3 Å². The molecule has 11 heteroatoms. The number of hydrazone groups is 1. The van der Waals surface area contributed by atoms with Gasteiger partial charge in [-0.25, -0.2) is 5.43 Å². The lowest BCUT2D eigenvalue weighted by Gasteiger charge is -2.12. The molecule has 0 spiro atoms. The fraction of sp³-hybridized carbons (Fsp3) is 0.273. The molecule has 0 bridgehead atoms. The van der Waals surface area contributed by atoms with Crippen LogP contribution in [0.5, 0.6) is 23.0 Å². The van der Waals surface area contributed by atoms with E-state index in [0.717, 1.165) is 0 Å². The Kier molecular flexibility index (Phi) is 9.04. The SMILES string of the molecule is COc1ccc(OC)c(NC(=O)C(=O)N/N=C(/C)CC(=O)Nc2ccc(OC)cc2OC)c1. The van der Waals surface area contributed by atoms with Crippen LogP contribution in [0.1, 0.15) is 13.3 Å². The molecule has 2 aromatic rings. The Morgan fingerprint density at radius 3 is 2.03 bits per heavy atom. The minimum absolute atomic E-state index is 0.124. The van der Waals surface area contributed by atoms with Crippen LogP contribution >= 0.6 is 0 Å². The van der Waals surface area contributed by atoms with Crippen molar-refractivity contribution in [2.45, 2.75) is 13.3 Å². The van der Waals surface area contributed by atoms with Gasteiger partial charge in [0.05, 0.1) is 46.2 Å². The van der Waals surface area contributed by atoms with Crippen molar-refractivity contribution < 1.29 is 33.3 Å². The van der Waals surface area contributed by atoms with Crippen molar-refractivity contribution >= 4 is 34.8 Å². The second-order valence-corrected chi connectivity index (χ2v) is 6.60. The van der Waals surface area contributed by atoms with Gasteiger partial charge in [0.25, 0.3) is 0 Å². The van der Waals surface area contributed by atoms with Crippen LogP contribution in [-0.4, -0.2) is 51.9 Å². The maximum Gasteiger partial charge on any atom is 0.329 e. The van der Waals surface area contributed by atoms with Gasteiger partial charge in [0.15, 0.2) is 0 Å². The van der Waals surface area contributed by atoms with Gasteiger partial charge in [0.2, 0.25) is 5.91 Å². The molecule has 0 aliphatic carbocycles. The van der Waals surface area contributed by atoms with Gasteiger partial charge in [-0.05, 0) is 31.2 Å². The van der Waals surface area contributed by atoms with Crippen LogP contribution in [0.15, 0.2) is 41.5 Å². The van der Waals surface area contributed by atoms with Crippen LogP contribution in [-0.2, 0) is 14.4 Å². The minimum atomic E-state index is -1.02. The molecule has 11 nitrogen and oxygen atoms in total. The summed E-state index contributed by atoms with van der Waals surface area (Å²) in [5, 5.41) is 8.92. The topological polar surface area (TPSA) is 137 Å². The number of carbonyl (C=O) groups is 3. The Hall–Kier alpha value is -4.28. The van der Waals surface area contributed by atoms with Gasteiger partial charge in [0.1, 0.15) is 23.0 Å². The molecule has 0 atom stereocenters. The smallest absolute Gasteiger partial charge is 0.329 e. The number of hydrogen-bond acceptors (Lipinski definition) is 8. The lowest BCUT2D eigenvalue weighted by molar-refractivity contribution is -0.136. The fourth-order valence-electron chi connectivity index (χ4n) is 2.66. The van der Waals surface area contributed by atoms with Gasteiger partial charge in [-0.15, -0.1) is 0 Å². The summed E-state index contributed by atoms with van der Waals surface area (Å²) in [6, 6.07) is 9.69. The number of carbonyl (C=O) groups excluding carboxylic acids is 3. The third-order valence-corrected chi connectivity index (χ3v) is 4.31. The van der Waals surface area contributed by atoms with Crippen LogP contribution in [0.3, 0.4) is 0 Å². The van der Waals surface area contributed by atoms with Gasteiger partial charge < -0.3 is 29.6 Å². The Balaban J connectivity index is 1.94. The van der Waals surface area contributed by atoms with E-state index in [1.165, 1.54) is 41.4 Å². The molecule has 0 aliphatic rings. The van der Waals surface area contributed by atoms with Crippen LogP contribution in [0.2, 0.25) is 0 Å². The highest BCUT2D eigenvalue weighted by atomic mass is 16.5. The highest BCUT2D eigenvalue weighted by molar-refractivity contribution is 6.39. The first-order valence-electron chi connectivity index (χ1n) is 9.69. The van der Waals surface area contributed by atoms with E-state index in [-0.39, 0.29) is 23.7 Å². The van der Waals surface area contributed by atoms with Gasteiger partial charge in [-0.1, -0.05) is 0 Å². The molecule has 3 N–H and O–H groups in total. The molecule has 176 valence electrons. The maximum absolute atomic E-state index is 12.3. The largest absolute Gasteiger partial charge is 0.497 e. The molecule has 0 radical (unpaired) electrons. The number of methoxy groups -OCH3 is 4. The Bertz CT molecular complexity index is 1050. The van der Waals surface area contributed by atoms with Crippen LogP contribution in [0.4, 0.5) is 11.4 Å². The highest BCUT2D eigenvalue weighted by Crippen LogP contribution is 2.29. The summed E-state index contributed by atoms with van der Waals surface area (Å²) in [6.07, 6.45) is -0.124. The van der Waals surface area contributed by atoms with Crippen LogP contribution in [0, 0.1) is 0 Å². The van der Waals surface area contributed by atoms with Gasteiger partial charge in [-0.3, -0.25) is 14.4 Å². The lowest BCUT2D eigenvalue weighted by Crippen LogP contribution is -2.33. The van der Waals surface area contributed by atoms with E-state index in [0.29, 0.717) is 28.7 Å². The number of nitrogens with zero attached hydrogens (tertiary/aromatic N) is 1. The first kappa shape index (κ1) is 25.0. The molecule has 0 saturated carbocycles. The molecule has 3 amide bonds. The van der Waals surface area contributed by atoms with Crippen LogP contribution < -0.4 is 35.0 Å². The second kappa shape index (κ2) is 11.9. The number of rotatable bonds is 9. The predicted molar refractivity (Wildman–Crippen MR) is 122 cm³/mol. The molecule has 2 aromatic carbocycles. The van der Waals surface area contributed by atoms with Crippen LogP contribution in [0.25, 0.3) is 0 Å². The predicted octanol–water partition coefficient (Wildman–Crippen LogP) is 2.18. The molecule has 0 aliphatic heterocycles. The zero-order valence-corrected chi connectivity index (χ0v) is 19.0. The molecule has 0 saturated heterocycles. The monoisotopic (exact) mass is 458 g/mol.